The highest BCUT2D eigenvalue weighted by atomic mass is 79.9. The van der Waals surface area contributed by atoms with E-state index in [1.165, 1.54) is 18.2 Å². The lowest BCUT2D eigenvalue weighted by atomic mass is 10.2. The van der Waals surface area contributed by atoms with E-state index in [-0.39, 0.29) is 18.7 Å². The van der Waals surface area contributed by atoms with Gasteiger partial charge in [0, 0.05) is 23.2 Å². The second-order valence-corrected chi connectivity index (χ2v) is 7.16. The highest BCUT2D eigenvalue weighted by molar-refractivity contribution is 9.10. The van der Waals surface area contributed by atoms with Gasteiger partial charge >= 0.3 is 12.1 Å². The van der Waals surface area contributed by atoms with Gasteiger partial charge in [-0.1, -0.05) is 0 Å². The first kappa shape index (κ1) is 22.4. The summed E-state index contributed by atoms with van der Waals surface area (Å²) < 4.78 is 10.1. The standard InChI is InChI=1S/C16H20BrN3O7/c1-16(2,3)27-15(23)18-7-6-14(22)26-9-13(21)19-12-5-4-10(20(24)25)8-11(12)17/h4-5,8H,6-7,9H2,1-3H3,(H,18,23)(H,19,21). The predicted molar refractivity (Wildman–Crippen MR) is 99.2 cm³/mol. The molecule has 0 aromatic heterocycles. The molecule has 27 heavy (non-hydrogen) atoms. The van der Waals surface area contributed by atoms with Crippen molar-refractivity contribution >= 4 is 45.3 Å². The number of benzene rings is 1. The highest BCUT2D eigenvalue weighted by Gasteiger charge is 2.16. The summed E-state index contributed by atoms with van der Waals surface area (Å²) in [5.74, 6) is -1.29. The third-order valence-corrected chi connectivity index (χ3v) is 3.46. The van der Waals surface area contributed by atoms with Gasteiger partial charge in [0.25, 0.3) is 11.6 Å². The molecule has 0 spiro atoms. The lowest BCUT2D eigenvalue weighted by molar-refractivity contribution is -0.384. The van der Waals surface area contributed by atoms with Crippen molar-refractivity contribution < 1.29 is 28.8 Å². The van der Waals surface area contributed by atoms with Crippen molar-refractivity contribution in [2.75, 3.05) is 18.5 Å². The number of nitrogens with one attached hydrogen (secondary N) is 2. The molecule has 11 heteroatoms. The molecule has 0 fully saturated rings. The first-order valence-electron chi connectivity index (χ1n) is 7.84. The van der Waals surface area contributed by atoms with Crippen molar-refractivity contribution in [1.29, 1.82) is 0 Å². The van der Waals surface area contributed by atoms with Gasteiger partial charge in [0.1, 0.15) is 5.60 Å². The van der Waals surface area contributed by atoms with Gasteiger partial charge in [-0.15, -0.1) is 0 Å². The minimum atomic E-state index is -0.677. The van der Waals surface area contributed by atoms with Crippen molar-refractivity contribution in [3.63, 3.8) is 0 Å². The average molecular weight is 446 g/mol. The number of alkyl carbamates (subject to hydrolysis) is 1. The first-order valence-corrected chi connectivity index (χ1v) is 8.63. The molecule has 2 amide bonds. The van der Waals surface area contributed by atoms with Crippen LogP contribution in [0.25, 0.3) is 0 Å². The zero-order chi connectivity index (χ0) is 20.6. The van der Waals surface area contributed by atoms with E-state index in [4.69, 9.17) is 9.47 Å². The molecule has 2 N–H and O–H groups in total. The Hall–Kier alpha value is -2.69. The Morgan fingerprint density at radius 1 is 1.26 bits per heavy atom. The number of ether oxygens (including phenoxy) is 2. The molecule has 0 heterocycles. The fourth-order valence-corrected chi connectivity index (χ4v) is 2.17. The van der Waals surface area contributed by atoms with E-state index in [9.17, 15) is 24.5 Å². The van der Waals surface area contributed by atoms with Crippen LogP contribution in [0.1, 0.15) is 27.2 Å². The Bertz CT molecular complexity index is 731. The van der Waals surface area contributed by atoms with E-state index in [0.717, 1.165) is 0 Å². The molecule has 0 radical (unpaired) electrons. The minimum Gasteiger partial charge on any atom is -0.456 e. The molecule has 0 saturated carbocycles. The van der Waals surface area contributed by atoms with Crippen LogP contribution in [0.15, 0.2) is 22.7 Å². The fourth-order valence-electron chi connectivity index (χ4n) is 1.70. The van der Waals surface area contributed by atoms with Gasteiger partial charge in [0.05, 0.1) is 17.0 Å². The summed E-state index contributed by atoms with van der Waals surface area (Å²) in [7, 11) is 0. The molecule has 10 nitrogen and oxygen atoms in total. The minimum absolute atomic E-state index is 0.00324. The fraction of sp³-hybridized carbons (Fsp3) is 0.438. The molecule has 0 aliphatic rings. The van der Waals surface area contributed by atoms with Crippen LogP contribution in [0.4, 0.5) is 16.2 Å². The number of nitrogens with zero attached hydrogens (tertiary/aromatic N) is 1. The van der Waals surface area contributed by atoms with Crippen molar-refractivity contribution in [2.24, 2.45) is 0 Å². The van der Waals surface area contributed by atoms with Crippen LogP contribution in [-0.2, 0) is 19.1 Å². The summed E-state index contributed by atoms with van der Waals surface area (Å²) in [6, 6.07) is 3.82. The summed E-state index contributed by atoms with van der Waals surface area (Å²) in [4.78, 5) is 44.9. The van der Waals surface area contributed by atoms with Crippen LogP contribution < -0.4 is 10.6 Å². The number of non-ortho nitro benzene ring substituents is 1. The topological polar surface area (TPSA) is 137 Å². The van der Waals surface area contributed by atoms with Crippen molar-refractivity contribution in [3.8, 4) is 0 Å². The number of rotatable bonds is 7. The molecule has 0 unspecified atom stereocenters. The molecular formula is C16H20BrN3O7. The first-order chi connectivity index (χ1) is 12.5. The molecule has 0 atom stereocenters. The van der Waals surface area contributed by atoms with E-state index in [1.807, 2.05) is 0 Å². The number of carbonyl (C=O) groups excluding carboxylic acids is 3. The Morgan fingerprint density at radius 3 is 2.48 bits per heavy atom. The third kappa shape index (κ3) is 8.99. The van der Waals surface area contributed by atoms with Gasteiger partial charge in [-0.05, 0) is 42.8 Å². The molecular weight excluding hydrogens is 426 g/mol. The number of nitro benzene ring substituents is 1. The molecule has 0 saturated heterocycles. The largest absolute Gasteiger partial charge is 0.456 e. The van der Waals surface area contributed by atoms with Crippen LogP contribution in [-0.4, -0.2) is 41.6 Å². The van der Waals surface area contributed by atoms with E-state index in [1.54, 1.807) is 20.8 Å². The normalized spacial score (nSPS) is 10.7. The molecule has 0 aliphatic carbocycles. The molecule has 1 aromatic rings. The lowest BCUT2D eigenvalue weighted by Gasteiger charge is -2.19. The predicted octanol–water partition coefficient (Wildman–Crippen LogP) is 2.75. The average Bonchev–Trinajstić information content (AvgIpc) is 2.53. The number of halogens is 1. The van der Waals surface area contributed by atoms with E-state index >= 15 is 0 Å². The Balaban J connectivity index is 2.35. The Labute approximate surface area is 163 Å². The van der Waals surface area contributed by atoms with Gasteiger partial charge < -0.3 is 20.1 Å². The van der Waals surface area contributed by atoms with Crippen LogP contribution in [0.5, 0.6) is 0 Å². The Kier molecular flexibility index (Phi) is 8.16. The molecule has 1 rings (SSSR count). The van der Waals surface area contributed by atoms with Crippen molar-refractivity contribution in [1.82, 2.24) is 5.32 Å². The second kappa shape index (κ2) is 9.86. The van der Waals surface area contributed by atoms with Gasteiger partial charge in [0.2, 0.25) is 0 Å². The van der Waals surface area contributed by atoms with E-state index in [2.05, 4.69) is 26.6 Å². The van der Waals surface area contributed by atoms with Gasteiger partial charge in [-0.3, -0.25) is 19.7 Å². The number of nitro groups is 1. The number of anilines is 1. The maximum Gasteiger partial charge on any atom is 0.407 e. The molecule has 1 aromatic carbocycles. The summed E-state index contributed by atoms with van der Waals surface area (Å²) in [6.45, 7) is 4.60. The third-order valence-electron chi connectivity index (χ3n) is 2.80. The zero-order valence-electron chi connectivity index (χ0n) is 15.0. The molecule has 0 bridgehead atoms. The van der Waals surface area contributed by atoms with Gasteiger partial charge in [0.15, 0.2) is 6.61 Å². The number of hydrogen-bond donors (Lipinski definition) is 2. The molecule has 148 valence electrons. The van der Waals surface area contributed by atoms with Crippen LogP contribution in [0, 0.1) is 10.1 Å². The summed E-state index contributed by atoms with van der Waals surface area (Å²) in [5.41, 5.74) is -0.480. The maximum absolute atomic E-state index is 11.8. The highest BCUT2D eigenvalue weighted by Crippen LogP contribution is 2.26. The van der Waals surface area contributed by atoms with E-state index < -0.39 is 35.1 Å². The number of amides is 2. The summed E-state index contributed by atoms with van der Waals surface area (Å²) in [5, 5.41) is 15.5. The SMILES string of the molecule is CC(C)(C)OC(=O)NCCC(=O)OCC(=O)Nc1ccc([N+](=O)[O-])cc1Br. The number of hydrogen-bond acceptors (Lipinski definition) is 7. The van der Waals surface area contributed by atoms with Gasteiger partial charge in [-0.2, -0.15) is 0 Å². The zero-order valence-corrected chi connectivity index (χ0v) is 16.6. The van der Waals surface area contributed by atoms with E-state index in [0.29, 0.717) is 10.2 Å². The Morgan fingerprint density at radius 2 is 1.93 bits per heavy atom. The second-order valence-electron chi connectivity index (χ2n) is 6.31. The summed E-state index contributed by atoms with van der Waals surface area (Å²) in [6.07, 6.45) is -0.788. The van der Waals surface area contributed by atoms with Crippen molar-refractivity contribution in [2.45, 2.75) is 32.8 Å². The van der Waals surface area contributed by atoms with Crippen molar-refractivity contribution in [3.05, 3.63) is 32.8 Å². The number of esters is 1. The lowest BCUT2D eigenvalue weighted by Crippen LogP contribution is -2.34. The summed E-state index contributed by atoms with van der Waals surface area (Å²) >= 11 is 3.11. The van der Waals surface area contributed by atoms with Gasteiger partial charge in [-0.25, -0.2) is 4.79 Å². The monoisotopic (exact) mass is 445 g/mol. The molecule has 0 aliphatic heterocycles. The smallest absolute Gasteiger partial charge is 0.407 e. The van der Waals surface area contributed by atoms with Crippen LogP contribution in [0.2, 0.25) is 0 Å². The quantitative estimate of drug-likeness (QED) is 0.373. The number of carbonyl (C=O) groups is 3. The van der Waals surface area contributed by atoms with Crippen LogP contribution in [0.3, 0.4) is 0 Å². The maximum atomic E-state index is 11.8. The van der Waals surface area contributed by atoms with Crippen LogP contribution >= 0.6 is 15.9 Å².